The molecule has 1 atom stereocenters. The highest BCUT2D eigenvalue weighted by Gasteiger charge is 2.31. The Bertz CT molecular complexity index is 934. The van der Waals surface area contributed by atoms with E-state index in [1.807, 2.05) is 0 Å². The summed E-state index contributed by atoms with van der Waals surface area (Å²) in [5.41, 5.74) is 8.98. The molecule has 0 saturated carbocycles. The van der Waals surface area contributed by atoms with Gasteiger partial charge < -0.3 is 4.90 Å². The fourth-order valence-corrected chi connectivity index (χ4v) is 4.92. The fourth-order valence-electron chi connectivity index (χ4n) is 4.66. The number of halogens is 1. The molecule has 0 bridgehead atoms. The zero-order valence-corrected chi connectivity index (χ0v) is 18.2. The smallest absolute Gasteiger partial charge is 0.157 e. The maximum Gasteiger partial charge on any atom is 0.157 e. The Hall–Kier alpha value is -2.11. The van der Waals surface area contributed by atoms with E-state index >= 15 is 0 Å². The van der Waals surface area contributed by atoms with E-state index < -0.39 is 0 Å². The van der Waals surface area contributed by atoms with Gasteiger partial charge in [0.05, 0.1) is 0 Å². The predicted molar refractivity (Wildman–Crippen MR) is 123 cm³/mol. The van der Waals surface area contributed by atoms with Crippen LogP contribution >= 0.6 is 15.9 Å². The van der Waals surface area contributed by atoms with Gasteiger partial charge in [-0.2, -0.15) is 5.10 Å². The zero-order chi connectivity index (χ0) is 19.6. The molecule has 4 nitrogen and oxygen atoms in total. The number of hydrazone groups is 1. The van der Waals surface area contributed by atoms with Gasteiger partial charge in [-0.25, -0.2) is 0 Å². The molecule has 150 valence electrons. The van der Waals surface area contributed by atoms with E-state index in [1.165, 1.54) is 28.7 Å². The lowest BCUT2D eigenvalue weighted by molar-refractivity contribution is 0.227. The van der Waals surface area contributed by atoms with Crippen molar-refractivity contribution in [2.75, 3.05) is 26.2 Å². The molecular weight excluding hydrogens is 424 g/mol. The lowest BCUT2D eigenvalue weighted by atomic mass is 9.99. The van der Waals surface area contributed by atoms with Gasteiger partial charge in [0, 0.05) is 42.6 Å². The third-order valence-corrected chi connectivity index (χ3v) is 6.83. The number of hydrogen-bond donors (Lipinski definition) is 1. The predicted octanol–water partition coefficient (Wildman–Crippen LogP) is 4.47. The van der Waals surface area contributed by atoms with E-state index in [0.717, 1.165) is 55.7 Å². The van der Waals surface area contributed by atoms with Crippen LogP contribution in [0.25, 0.3) is 5.57 Å². The maximum absolute atomic E-state index is 4.72. The average molecular weight is 451 g/mol. The summed E-state index contributed by atoms with van der Waals surface area (Å²) in [4.78, 5) is 5.05. The number of amidine groups is 1. The van der Waals surface area contributed by atoms with Crippen molar-refractivity contribution >= 4 is 27.3 Å². The van der Waals surface area contributed by atoms with Crippen molar-refractivity contribution in [2.45, 2.75) is 31.8 Å². The molecule has 2 aromatic carbocycles. The Morgan fingerprint density at radius 2 is 1.90 bits per heavy atom. The van der Waals surface area contributed by atoms with Crippen molar-refractivity contribution in [1.82, 2.24) is 15.2 Å². The first-order chi connectivity index (χ1) is 14.3. The zero-order valence-electron chi connectivity index (χ0n) is 16.6. The van der Waals surface area contributed by atoms with Crippen LogP contribution in [0.5, 0.6) is 0 Å². The third kappa shape index (κ3) is 3.99. The molecule has 0 fully saturated rings. The molecule has 0 radical (unpaired) electrons. The number of rotatable bonds is 4. The summed E-state index contributed by atoms with van der Waals surface area (Å²) in [5.74, 6) is 1.14. The Balaban J connectivity index is 1.19. The SMILES string of the molecule is Brc1ccc(C2=CCN(CCC3NN=C4c5ccccc5CCCN43)CC2)cc1. The van der Waals surface area contributed by atoms with Gasteiger partial charge in [0.2, 0.25) is 0 Å². The molecule has 3 heterocycles. The number of nitrogens with zero attached hydrogens (tertiary/aromatic N) is 3. The van der Waals surface area contributed by atoms with Crippen LogP contribution in [0.3, 0.4) is 0 Å². The van der Waals surface area contributed by atoms with Crippen LogP contribution in [0, 0.1) is 0 Å². The molecule has 29 heavy (non-hydrogen) atoms. The minimum atomic E-state index is 0.313. The molecular formula is C24H27BrN4. The lowest BCUT2D eigenvalue weighted by Gasteiger charge is -2.30. The summed E-state index contributed by atoms with van der Waals surface area (Å²) in [6.45, 7) is 4.35. The normalized spacial score (nSPS) is 21.6. The van der Waals surface area contributed by atoms with Crippen LogP contribution in [-0.2, 0) is 6.42 Å². The molecule has 1 N–H and O–H groups in total. The van der Waals surface area contributed by atoms with Crippen LogP contribution in [0.4, 0.5) is 0 Å². The molecule has 0 aromatic heterocycles. The first-order valence-corrected chi connectivity index (χ1v) is 11.4. The Morgan fingerprint density at radius 1 is 1.03 bits per heavy atom. The molecule has 0 spiro atoms. The minimum absolute atomic E-state index is 0.313. The molecule has 3 aliphatic rings. The van der Waals surface area contributed by atoms with Crippen LogP contribution in [0.15, 0.2) is 64.2 Å². The van der Waals surface area contributed by atoms with Crippen LogP contribution in [0.1, 0.15) is 36.0 Å². The standard InChI is InChI=1S/C24H27BrN4/c25-21-9-7-18(8-10-21)19-11-15-28(16-12-19)17-13-23-26-27-24-22-6-2-1-4-20(22)5-3-14-29(23)24/h1-2,4,6-11,23,26H,3,5,12-17H2. The van der Waals surface area contributed by atoms with E-state index in [0.29, 0.717) is 6.17 Å². The second-order valence-corrected chi connectivity index (χ2v) is 9.03. The largest absolute Gasteiger partial charge is 0.333 e. The first-order valence-electron chi connectivity index (χ1n) is 10.6. The van der Waals surface area contributed by atoms with Crippen molar-refractivity contribution in [3.8, 4) is 0 Å². The first kappa shape index (κ1) is 18.9. The molecule has 0 aliphatic carbocycles. The van der Waals surface area contributed by atoms with Crippen molar-refractivity contribution < 1.29 is 0 Å². The molecule has 2 aromatic rings. The van der Waals surface area contributed by atoms with E-state index in [4.69, 9.17) is 5.10 Å². The van der Waals surface area contributed by atoms with Gasteiger partial charge in [0.1, 0.15) is 6.17 Å². The van der Waals surface area contributed by atoms with Crippen LogP contribution in [0.2, 0.25) is 0 Å². The summed E-state index contributed by atoms with van der Waals surface area (Å²) in [6.07, 6.45) is 7.27. The van der Waals surface area contributed by atoms with Gasteiger partial charge in [0.25, 0.3) is 0 Å². The number of benzene rings is 2. The Kier molecular flexibility index (Phi) is 5.42. The van der Waals surface area contributed by atoms with Crippen molar-refractivity contribution in [1.29, 1.82) is 0 Å². The van der Waals surface area contributed by atoms with E-state index in [9.17, 15) is 0 Å². The second kappa shape index (κ2) is 8.33. The highest BCUT2D eigenvalue weighted by atomic mass is 79.9. The van der Waals surface area contributed by atoms with Gasteiger partial charge in [-0.05, 0) is 48.1 Å². The van der Waals surface area contributed by atoms with Crippen molar-refractivity contribution in [3.63, 3.8) is 0 Å². The number of hydrogen-bond acceptors (Lipinski definition) is 4. The van der Waals surface area contributed by atoms with Crippen LogP contribution in [-0.4, -0.2) is 48.0 Å². The second-order valence-electron chi connectivity index (χ2n) is 8.11. The highest BCUT2D eigenvalue weighted by Crippen LogP contribution is 2.26. The molecule has 0 saturated heterocycles. The van der Waals surface area contributed by atoms with Gasteiger partial charge in [-0.1, -0.05) is 58.4 Å². The van der Waals surface area contributed by atoms with E-state index in [1.54, 1.807) is 0 Å². The maximum atomic E-state index is 4.72. The van der Waals surface area contributed by atoms with Gasteiger partial charge in [0.15, 0.2) is 5.84 Å². The van der Waals surface area contributed by atoms with Gasteiger partial charge >= 0.3 is 0 Å². The molecule has 0 amide bonds. The molecule has 1 unspecified atom stereocenters. The molecule has 3 aliphatic heterocycles. The number of fused-ring (bicyclic) bond motifs is 3. The van der Waals surface area contributed by atoms with E-state index in [2.05, 4.69) is 85.8 Å². The third-order valence-electron chi connectivity index (χ3n) is 6.30. The number of nitrogens with one attached hydrogen (secondary N) is 1. The van der Waals surface area contributed by atoms with Crippen molar-refractivity contribution in [3.05, 3.63) is 75.8 Å². The summed E-state index contributed by atoms with van der Waals surface area (Å²) >= 11 is 3.52. The van der Waals surface area contributed by atoms with Gasteiger partial charge in [-0.15, -0.1) is 0 Å². The Labute approximate surface area is 181 Å². The fraction of sp³-hybridized carbons (Fsp3) is 0.375. The number of aryl methyl sites for hydroxylation is 1. The quantitative estimate of drug-likeness (QED) is 0.745. The van der Waals surface area contributed by atoms with Crippen molar-refractivity contribution in [2.24, 2.45) is 5.10 Å². The minimum Gasteiger partial charge on any atom is -0.333 e. The summed E-state index contributed by atoms with van der Waals surface area (Å²) < 4.78 is 1.14. The Morgan fingerprint density at radius 3 is 2.72 bits per heavy atom. The summed E-state index contributed by atoms with van der Waals surface area (Å²) in [7, 11) is 0. The monoisotopic (exact) mass is 450 g/mol. The van der Waals surface area contributed by atoms with E-state index in [-0.39, 0.29) is 0 Å². The highest BCUT2D eigenvalue weighted by molar-refractivity contribution is 9.10. The summed E-state index contributed by atoms with van der Waals surface area (Å²) in [6, 6.07) is 17.4. The van der Waals surface area contributed by atoms with Crippen LogP contribution < -0.4 is 5.43 Å². The topological polar surface area (TPSA) is 30.9 Å². The average Bonchev–Trinajstić information content (AvgIpc) is 3.07. The van der Waals surface area contributed by atoms with Gasteiger partial charge in [-0.3, -0.25) is 10.3 Å². The lowest BCUT2D eigenvalue weighted by Crippen LogP contribution is -2.43. The molecule has 5 rings (SSSR count). The summed E-state index contributed by atoms with van der Waals surface area (Å²) in [5, 5.41) is 4.72. The molecule has 5 heteroatoms.